The Morgan fingerprint density at radius 3 is 2.82 bits per heavy atom. The van der Waals surface area contributed by atoms with Crippen LogP contribution in [0.1, 0.15) is 38.3 Å². The van der Waals surface area contributed by atoms with Crippen LogP contribution < -0.4 is 14.5 Å². The van der Waals surface area contributed by atoms with Gasteiger partial charge in [0.1, 0.15) is 17.3 Å². The lowest BCUT2D eigenvalue weighted by molar-refractivity contribution is 0.0783. The molecule has 1 unspecified atom stereocenters. The van der Waals surface area contributed by atoms with E-state index < -0.39 is 5.60 Å². The highest BCUT2D eigenvalue weighted by Gasteiger charge is 2.44. The second-order valence-electron chi connectivity index (χ2n) is 10.3. The van der Waals surface area contributed by atoms with Crippen LogP contribution in [0.5, 0.6) is 5.75 Å². The third-order valence-corrected chi connectivity index (χ3v) is 8.59. The minimum atomic E-state index is -0.739. The normalized spacial score (nSPS) is 27.6. The molecule has 4 aliphatic rings. The van der Waals surface area contributed by atoms with Crippen molar-refractivity contribution >= 4 is 23.4 Å². The van der Waals surface area contributed by atoms with Gasteiger partial charge in [0.25, 0.3) is 0 Å². The third kappa shape index (κ3) is 4.00. The quantitative estimate of drug-likeness (QED) is 0.670. The number of piperidine rings is 1. The Balaban J connectivity index is 1.21. The molecule has 2 N–H and O–H groups in total. The molecule has 1 spiro atoms. The van der Waals surface area contributed by atoms with Crippen molar-refractivity contribution in [2.24, 2.45) is 5.41 Å². The third-order valence-electron chi connectivity index (χ3n) is 7.64. The predicted molar refractivity (Wildman–Crippen MR) is 128 cm³/mol. The molecule has 2 aromatic heterocycles. The van der Waals surface area contributed by atoms with Gasteiger partial charge in [-0.2, -0.15) is 0 Å². The van der Waals surface area contributed by atoms with Crippen molar-refractivity contribution in [2.75, 3.05) is 49.3 Å². The predicted octanol–water partition coefficient (Wildman–Crippen LogP) is 2.24. The van der Waals surface area contributed by atoms with Crippen LogP contribution in [0.4, 0.5) is 11.6 Å². The average molecular weight is 486 g/mol. The maximum Gasteiger partial charge on any atom is 0.175 e. The fraction of sp³-hybridized carbons (Fsp3) is 0.625. The average Bonchev–Trinajstić information content (AvgIpc) is 3.42. The molecule has 0 amide bonds. The monoisotopic (exact) mass is 485 g/mol. The van der Waals surface area contributed by atoms with E-state index in [1.54, 1.807) is 12.4 Å². The van der Waals surface area contributed by atoms with Gasteiger partial charge in [0.05, 0.1) is 35.9 Å². The molecule has 2 atom stereocenters. The number of ether oxygens (including phenoxy) is 2. The summed E-state index contributed by atoms with van der Waals surface area (Å²) in [7, 11) is 0. The zero-order valence-electron chi connectivity index (χ0n) is 19.4. The van der Waals surface area contributed by atoms with E-state index >= 15 is 0 Å². The number of aliphatic hydroxyl groups excluding tert-OH is 1. The summed E-state index contributed by atoms with van der Waals surface area (Å²) in [5.74, 6) is 2.26. The van der Waals surface area contributed by atoms with Crippen LogP contribution in [-0.2, 0) is 11.3 Å². The number of hydrogen-bond donors (Lipinski definition) is 2. The molecule has 0 saturated carbocycles. The summed E-state index contributed by atoms with van der Waals surface area (Å²) in [5, 5.41) is 21.3. The van der Waals surface area contributed by atoms with Crippen molar-refractivity contribution in [3.05, 3.63) is 24.2 Å². The molecule has 4 aliphatic heterocycles. The number of pyridine rings is 1. The van der Waals surface area contributed by atoms with E-state index in [1.165, 1.54) is 11.8 Å². The summed E-state index contributed by atoms with van der Waals surface area (Å²) in [5.41, 5.74) is 0.181. The molecule has 34 heavy (non-hydrogen) atoms. The molecule has 6 rings (SSSR count). The van der Waals surface area contributed by atoms with Gasteiger partial charge in [-0.1, -0.05) is 11.8 Å². The standard InChI is InChI=1S/C24H31N5O4S/c1-23(31)10-16-13-33-20-18(2-6-25-22(20)29(16)14-23)34-19-11-26-21(17(12-30)27-19)28-7-3-24(4-8-28)5-9-32-15-24/h2,6,11,16,30-31H,3-5,7-10,12-15H2,1H3/t16?,23-/m0/s1. The lowest BCUT2D eigenvalue weighted by Gasteiger charge is -2.39. The molecule has 9 nitrogen and oxygen atoms in total. The van der Waals surface area contributed by atoms with Gasteiger partial charge < -0.3 is 29.5 Å². The van der Waals surface area contributed by atoms with Crippen molar-refractivity contribution in [2.45, 2.75) is 60.8 Å². The molecule has 0 aromatic carbocycles. The van der Waals surface area contributed by atoms with Gasteiger partial charge in [-0.3, -0.25) is 0 Å². The highest BCUT2D eigenvalue weighted by molar-refractivity contribution is 7.99. The van der Waals surface area contributed by atoms with Gasteiger partial charge in [-0.05, 0) is 37.7 Å². The van der Waals surface area contributed by atoms with E-state index in [4.69, 9.17) is 19.4 Å². The molecule has 3 fully saturated rings. The second kappa shape index (κ2) is 8.51. The van der Waals surface area contributed by atoms with Gasteiger partial charge in [-0.15, -0.1) is 0 Å². The summed E-state index contributed by atoms with van der Waals surface area (Å²) in [6, 6.07) is 2.05. The molecule has 10 heteroatoms. The molecule has 3 saturated heterocycles. The summed E-state index contributed by atoms with van der Waals surface area (Å²) >= 11 is 1.46. The Bertz CT molecular complexity index is 1070. The smallest absolute Gasteiger partial charge is 0.175 e. The van der Waals surface area contributed by atoms with E-state index in [1.807, 2.05) is 13.0 Å². The van der Waals surface area contributed by atoms with Gasteiger partial charge in [-0.25, -0.2) is 15.0 Å². The number of nitrogens with zero attached hydrogens (tertiary/aromatic N) is 5. The highest BCUT2D eigenvalue weighted by atomic mass is 32.2. The molecule has 0 aliphatic carbocycles. The van der Waals surface area contributed by atoms with Gasteiger partial charge in [0.15, 0.2) is 17.4 Å². The van der Waals surface area contributed by atoms with Crippen LogP contribution in [0, 0.1) is 5.41 Å². The molecular formula is C24H31N5O4S. The zero-order chi connectivity index (χ0) is 23.3. The van der Waals surface area contributed by atoms with E-state index in [9.17, 15) is 10.2 Å². The molecule has 0 bridgehead atoms. The minimum absolute atomic E-state index is 0.134. The van der Waals surface area contributed by atoms with Gasteiger partial charge in [0.2, 0.25) is 0 Å². The summed E-state index contributed by atoms with van der Waals surface area (Å²) in [6.07, 6.45) is 7.53. The SMILES string of the molecule is C[C@]1(O)CC2COc3c(Sc4cnc(N5CCC6(CCOC6)CC5)c(CO)n4)ccnc3N2C1. The van der Waals surface area contributed by atoms with E-state index in [-0.39, 0.29) is 12.6 Å². The summed E-state index contributed by atoms with van der Waals surface area (Å²) in [4.78, 5) is 19.3. The summed E-state index contributed by atoms with van der Waals surface area (Å²) in [6.45, 7) is 6.32. The maximum atomic E-state index is 10.5. The Hall–Kier alpha value is -2.14. The lowest BCUT2D eigenvalue weighted by Crippen LogP contribution is -2.41. The number of rotatable bonds is 4. The Morgan fingerprint density at radius 1 is 1.21 bits per heavy atom. The molecule has 182 valence electrons. The van der Waals surface area contributed by atoms with Crippen LogP contribution in [0.25, 0.3) is 0 Å². The van der Waals surface area contributed by atoms with Crippen molar-refractivity contribution < 1.29 is 19.7 Å². The number of aliphatic hydroxyl groups is 2. The minimum Gasteiger partial charge on any atom is -0.486 e. The van der Waals surface area contributed by atoms with Crippen molar-refractivity contribution in [1.29, 1.82) is 0 Å². The van der Waals surface area contributed by atoms with E-state index in [0.717, 1.165) is 67.8 Å². The fourth-order valence-electron chi connectivity index (χ4n) is 5.77. The topological polar surface area (TPSA) is 104 Å². The Kier molecular flexibility index (Phi) is 5.59. The van der Waals surface area contributed by atoms with Crippen LogP contribution in [-0.4, -0.2) is 76.3 Å². The zero-order valence-corrected chi connectivity index (χ0v) is 20.3. The molecular weight excluding hydrogens is 454 g/mol. The first-order valence-electron chi connectivity index (χ1n) is 12.0. The number of anilines is 2. The molecule has 0 radical (unpaired) electrons. The van der Waals surface area contributed by atoms with Crippen LogP contribution in [0.15, 0.2) is 28.4 Å². The summed E-state index contributed by atoms with van der Waals surface area (Å²) < 4.78 is 11.8. The molecule has 6 heterocycles. The van der Waals surface area contributed by atoms with Crippen LogP contribution >= 0.6 is 11.8 Å². The molecule has 2 aromatic rings. The Morgan fingerprint density at radius 2 is 2.06 bits per heavy atom. The fourth-order valence-corrected chi connectivity index (χ4v) is 6.63. The van der Waals surface area contributed by atoms with Crippen molar-refractivity contribution in [3.8, 4) is 5.75 Å². The van der Waals surface area contributed by atoms with E-state index in [0.29, 0.717) is 35.7 Å². The first-order chi connectivity index (χ1) is 16.5. The van der Waals surface area contributed by atoms with Crippen molar-refractivity contribution in [3.63, 3.8) is 0 Å². The highest BCUT2D eigenvalue weighted by Crippen LogP contribution is 2.46. The number of hydrogen-bond acceptors (Lipinski definition) is 10. The van der Waals surface area contributed by atoms with Gasteiger partial charge in [0, 0.05) is 38.9 Å². The van der Waals surface area contributed by atoms with E-state index in [2.05, 4.69) is 14.8 Å². The number of aromatic nitrogens is 3. The van der Waals surface area contributed by atoms with Crippen LogP contribution in [0.2, 0.25) is 0 Å². The van der Waals surface area contributed by atoms with Crippen LogP contribution in [0.3, 0.4) is 0 Å². The largest absolute Gasteiger partial charge is 0.486 e. The van der Waals surface area contributed by atoms with Crippen molar-refractivity contribution in [1.82, 2.24) is 15.0 Å². The van der Waals surface area contributed by atoms with Gasteiger partial charge >= 0.3 is 0 Å². The second-order valence-corrected chi connectivity index (χ2v) is 11.3. The Labute approximate surface area is 203 Å². The number of fused-ring (bicyclic) bond motifs is 3. The maximum absolute atomic E-state index is 10.5. The first kappa shape index (κ1) is 22.3. The lowest BCUT2D eigenvalue weighted by atomic mass is 9.78. The first-order valence-corrected chi connectivity index (χ1v) is 12.9.